The molecule has 0 fully saturated rings. The SMILES string of the molecule is C=C/C=C(\C)COC(=O)N1CCc2c(C)c(-c3ccc(C)cc3)c(C(C#N)O[Si](C)(C)C)c(C)c2C1. The molecule has 0 aromatic heterocycles. The van der Waals surface area contributed by atoms with E-state index >= 15 is 0 Å². The fourth-order valence-corrected chi connectivity index (χ4v) is 5.70. The number of hydrogen-bond acceptors (Lipinski definition) is 4. The summed E-state index contributed by atoms with van der Waals surface area (Å²) in [6, 6.07) is 10.9. The van der Waals surface area contributed by atoms with Crippen molar-refractivity contribution in [1.29, 1.82) is 5.26 Å². The lowest BCUT2D eigenvalue weighted by atomic mass is 9.80. The van der Waals surface area contributed by atoms with E-state index in [1.807, 2.05) is 13.0 Å². The fourth-order valence-electron chi connectivity index (χ4n) is 4.82. The van der Waals surface area contributed by atoms with Crippen molar-refractivity contribution in [2.45, 2.75) is 66.4 Å². The number of rotatable bonds is 7. The highest BCUT2D eigenvalue weighted by molar-refractivity contribution is 6.69. The Hall–Kier alpha value is -3.14. The molecule has 1 heterocycles. The van der Waals surface area contributed by atoms with Crippen molar-refractivity contribution in [2.75, 3.05) is 13.2 Å². The Balaban J connectivity index is 2.10. The number of allylic oxidation sites excluding steroid dienone is 2. The lowest BCUT2D eigenvalue weighted by molar-refractivity contribution is 0.105. The van der Waals surface area contributed by atoms with Crippen molar-refractivity contribution in [3.63, 3.8) is 0 Å². The third-order valence-corrected chi connectivity index (χ3v) is 7.52. The van der Waals surface area contributed by atoms with Gasteiger partial charge in [-0.3, -0.25) is 0 Å². The minimum Gasteiger partial charge on any atom is -0.445 e. The van der Waals surface area contributed by atoms with Crippen molar-refractivity contribution in [2.24, 2.45) is 0 Å². The second-order valence-electron chi connectivity index (χ2n) is 10.6. The van der Waals surface area contributed by atoms with Crippen LogP contribution in [0.1, 0.15) is 46.4 Å². The van der Waals surface area contributed by atoms with Crippen LogP contribution in [-0.2, 0) is 22.1 Å². The van der Waals surface area contributed by atoms with Gasteiger partial charge in [0, 0.05) is 18.7 Å². The van der Waals surface area contributed by atoms with Gasteiger partial charge < -0.3 is 14.1 Å². The molecule has 190 valence electrons. The van der Waals surface area contributed by atoms with Crippen molar-refractivity contribution >= 4 is 14.4 Å². The minimum absolute atomic E-state index is 0.240. The highest BCUT2D eigenvalue weighted by Gasteiger charge is 2.32. The molecule has 0 radical (unpaired) electrons. The third kappa shape index (κ3) is 6.15. The molecule has 0 N–H and O–H groups in total. The Labute approximate surface area is 217 Å². The van der Waals surface area contributed by atoms with Crippen LogP contribution in [-0.4, -0.2) is 32.5 Å². The van der Waals surface area contributed by atoms with E-state index in [1.54, 1.807) is 11.0 Å². The van der Waals surface area contributed by atoms with Crippen LogP contribution in [0.25, 0.3) is 11.1 Å². The summed E-state index contributed by atoms with van der Waals surface area (Å²) < 4.78 is 12.0. The molecule has 1 aliphatic heterocycles. The van der Waals surface area contributed by atoms with Crippen LogP contribution in [0.2, 0.25) is 19.6 Å². The van der Waals surface area contributed by atoms with Gasteiger partial charge in [-0.05, 0) is 92.7 Å². The summed E-state index contributed by atoms with van der Waals surface area (Å²) in [5.74, 6) is 0. The second kappa shape index (κ2) is 11.3. The maximum Gasteiger partial charge on any atom is 0.410 e. The zero-order valence-corrected chi connectivity index (χ0v) is 23.7. The van der Waals surface area contributed by atoms with Crippen molar-refractivity contribution in [3.8, 4) is 17.2 Å². The first-order chi connectivity index (χ1) is 17.0. The first-order valence-electron chi connectivity index (χ1n) is 12.5. The van der Waals surface area contributed by atoms with Crippen LogP contribution in [0.4, 0.5) is 4.79 Å². The first kappa shape index (κ1) is 27.4. The van der Waals surface area contributed by atoms with Crippen LogP contribution in [0.5, 0.6) is 0 Å². The van der Waals surface area contributed by atoms with E-state index in [9.17, 15) is 10.1 Å². The number of amides is 1. The molecule has 0 saturated carbocycles. The molecule has 1 unspecified atom stereocenters. The van der Waals surface area contributed by atoms with Gasteiger partial charge in [0.05, 0.1) is 6.07 Å². The molecule has 2 aromatic rings. The highest BCUT2D eigenvalue weighted by atomic mass is 28.4. The number of carbonyl (C=O) groups is 1. The van der Waals surface area contributed by atoms with E-state index in [0.717, 1.165) is 45.4 Å². The topological polar surface area (TPSA) is 62.6 Å². The Kier molecular flexibility index (Phi) is 8.60. The van der Waals surface area contributed by atoms with Crippen LogP contribution in [0, 0.1) is 32.1 Å². The van der Waals surface area contributed by atoms with E-state index in [0.29, 0.717) is 13.1 Å². The maximum absolute atomic E-state index is 12.9. The van der Waals surface area contributed by atoms with Gasteiger partial charge in [0.2, 0.25) is 0 Å². The zero-order valence-electron chi connectivity index (χ0n) is 22.7. The Morgan fingerprint density at radius 2 is 1.83 bits per heavy atom. The molecular weight excluding hydrogens is 464 g/mol. The Morgan fingerprint density at radius 1 is 1.17 bits per heavy atom. The number of benzene rings is 2. The average Bonchev–Trinajstić information content (AvgIpc) is 2.83. The molecule has 1 amide bonds. The number of nitriles is 1. The van der Waals surface area contributed by atoms with E-state index in [1.165, 1.54) is 11.1 Å². The molecule has 0 spiro atoms. The molecule has 1 atom stereocenters. The summed E-state index contributed by atoms with van der Waals surface area (Å²) in [6.07, 6.45) is 3.27. The number of ether oxygens (including phenoxy) is 1. The number of nitrogens with zero attached hydrogens (tertiary/aromatic N) is 2. The zero-order chi connectivity index (χ0) is 26.6. The quantitative estimate of drug-likeness (QED) is 0.294. The molecule has 6 heteroatoms. The van der Waals surface area contributed by atoms with Gasteiger partial charge in [-0.15, -0.1) is 0 Å². The summed E-state index contributed by atoms with van der Waals surface area (Å²) >= 11 is 0. The van der Waals surface area contributed by atoms with E-state index in [2.05, 4.69) is 77.3 Å². The third-order valence-electron chi connectivity index (χ3n) is 6.57. The number of hydrogen-bond donors (Lipinski definition) is 0. The van der Waals surface area contributed by atoms with Crippen LogP contribution >= 0.6 is 0 Å². The van der Waals surface area contributed by atoms with E-state index in [4.69, 9.17) is 9.16 Å². The van der Waals surface area contributed by atoms with Crippen LogP contribution in [0.15, 0.2) is 48.6 Å². The number of fused-ring (bicyclic) bond motifs is 1. The van der Waals surface area contributed by atoms with Crippen molar-refractivity contribution in [3.05, 3.63) is 82.0 Å². The molecule has 1 aliphatic rings. The molecule has 5 nitrogen and oxygen atoms in total. The molecule has 0 bridgehead atoms. The molecule has 3 rings (SSSR count). The van der Waals surface area contributed by atoms with Gasteiger partial charge in [0.15, 0.2) is 14.4 Å². The van der Waals surface area contributed by atoms with Gasteiger partial charge in [0.1, 0.15) is 6.61 Å². The second-order valence-corrected chi connectivity index (χ2v) is 15.0. The molecule has 2 aromatic carbocycles. The average molecular weight is 503 g/mol. The first-order valence-corrected chi connectivity index (χ1v) is 15.9. The molecule has 0 aliphatic carbocycles. The monoisotopic (exact) mass is 502 g/mol. The number of carbonyl (C=O) groups excluding carboxylic acids is 1. The van der Waals surface area contributed by atoms with E-state index < -0.39 is 14.4 Å². The van der Waals surface area contributed by atoms with Crippen molar-refractivity contribution in [1.82, 2.24) is 4.90 Å². The summed E-state index contributed by atoms with van der Waals surface area (Å²) in [5.41, 5.74) is 9.75. The summed E-state index contributed by atoms with van der Waals surface area (Å²) in [6.45, 7) is 19.5. The normalized spacial score (nSPS) is 14.6. The Morgan fingerprint density at radius 3 is 2.42 bits per heavy atom. The van der Waals surface area contributed by atoms with E-state index in [-0.39, 0.29) is 12.7 Å². The largest absolute Gasteiger partial charge is 0.445 e. The standard InChI is InChI=1S/C30H38N2O3Si/c1-9-10-21(3)19-34-30(33)32-16-15-25-22(4)28(24-13-11-20(2)12-14-24)29(23(5)26(25)18-32)27(17-31)35-36(6,7)8/h9-14,27H,1,15-16,18-19H2,2-8H3/b21-10+. The van der Waals surface area contributed by atoms with Gasteiger partial charge in [-0.1, -0.05) is 48.6 Å². The Bertz CT molecular complexity index is 1220. The molecule has 0 saturated heterocycles. The lowest BCUT2D eigenvalue weighted by Crippen LogP contribution is -2.38. The predicted molar refractivity (Wildman–Crippen MR) is 148 cm³/mol. The lowest BCUT2D eigenvalue weighted by Gasteiger charge is -2.34. The van der Waals surface area contributed by atoms with Crippen LogP contribution < -0.4 is 0 Å². The number of aryl methyl sites for hydroxylation is 1. The summed E-state index contributed by atoms with van der Waals surface area (Å²) in [4.78, 5) is 14.6. The predicted octanol–water partition coefficient (Wildman–Crippen LogP) is 7.32. The van der Waals surface area contributed by atoms with Gasteiger partial charge in [-0.25, -0.2) is 4.79 Å². The summed E-state index contributed by atoms with van der Waals surface area (Å²) in [5, 5.41) is 10.2. The van der Waals surface area contributed by atoms with Crippen molar-refractivity contribution < 1.29 is 14.0 Å². The fraction of sp³-hybridized carbons (Fsp3) is 0.400. The summed E-state index contributed by atoms with van der Waals surface area (Å²) in [7, 11) is -2.01. The van der Waals surface area contributed by atoms with Crippen LogP contribution in [0.3, 0.4) is 0 Å². The molecule has 36 heavy (non-hydrogen) atoms. The smallest absolute Gasteiger partial charge is 0.410 e. The minimum atomic E-state index is -2.01. The van der Waals surface area contributed by atoms with Gasteiger partial charge >= 0.3 is 6.09 Å². The van der Waals surface area contributed by atoms with Gasteiger partial charge in [-0.2, -0.15) is 5.26 Å². The highest BCUT2D eigenvalue weighted by Crippen LogP contribution is 2.42. The van der Waals surface area contributed by atoms with Gasteiger partial charge in [0.25, 0.3) is 0 Å². The maximum atomic E-state index is 12.9. The molecular formula is C30H38N2O3Si.